The molecule has 0 heterocycles. The Morgan fingerprint density at radius 2 is 1.17 bits per heavy atom. The molecule has 0 aliphatic rings. The van der Waals surface area contributed by atoms with Crippen LogP contribution in [-0.2, 0) is 0 Å². The number of aliphatic hydroxyl groups is 2. The SMILES string of the molecule is O.OCCO.[La]. The maximum absolute atomic E-state index is 7.62. The summed E-state index contributed by atoms with van der Waals surface area (Å²) in [6, 6.07) is 0. The van der Waals surface area contributed by atoms with Crippen LogP contribution in [0, 0.1) is 35.6 Å². The third-order valence-electron chi connectivity index (χ3n) is 0.1000. The zero-order chi connectivity index (χ0) is 3.41. The van der Waals surface area contributed by atoms with Gasteiger partial charge in [-0.25, -0.2) is 0 Å². The number of rotatable bonds is 1. The van der Waals surface area contributed by atoms with Crippen LogP contribution in [0.4, 0.5) is 0 Å². The minimum Gasteiger partial charge on any atom is -0.412 e. The Morgan fingerprint density at radius 1 is 1.00 bits per heavy atom. The van der Waals surface area contributed by atoms with E-state index in [1.807, 2.05) is 0 Å². The Labute approximate surface area is 64.3 Å². The van der Waals surface area contributed by atoms with Crippen LogP contribution < -0.4 is 0 Å². The molecular formula is C2H8LaO3. The van der Waals surface area contributed by atoms with Crippen molar-refractivity contribution in [3.8, 4) is 0 Å². The first-order valence-electron chi connectivity index (χ1n) is 1.13. The van der Waals surface area contributed by atoms with Crippen molar-refractivity contribution in [2.45, 2.75) is 0 Å². The van der Waals surface area contributed by atoms with Crippen LogP contribution in [0.3, 0.4) is 0 Å². The van der Waals surface area contributed by atoms with Crippen molar-refractivity contribution in [3.05, 3.63) is 0 Å². The van der Waals surface area contributed by atoms with E-state index in [-0.39, 0.29) is 54.3 Å². The summed E-state index contributed by atoms with van der Waals surface area (Å²) in [4.78, 5) is 0. The summed E-state index contributed by atoms with van der Waals surface area (Å²) in [6.07, 6.45) is 0. The average molecular weight is 219 g/mol. The molecule has 0 fully saturated rings. The summed E-state index contributed by atoms with van der Waals surface area (Å²) in [5, 5.41) is 15.2. The first-order chi connectivity index (χ1) is 1.91. The molecule has 0 aromatic heterocycles. The minimum atomic E-state index is -0.125. The van der Waals surface area contributed by atoms with Gasteiger partial charge in [0.1, 0.15) is 0 Å². The number of hydrogen-bond donors (Lipinski definition) is 2. The fourth-order valence-corrected chi connectivity index (χ4v) is 0. The van der Waals surface area contributed by atoms with Crippen molar-refractivity contribution < 1.29 is 51.3 Å². The fraction of sp³-hybridized carbons (Fsp3) is 1.00. The smallest absolute Gasteiger partial charge is 0.0662 e. The van der Waals surface area contributed by atoms with Gasteiger partial charge in [-0.3, -0.25) is 0 Å². The van der Waals surface area contributed by atoms with Crippen molar-refractivity contribution in [3.63, 3.8) is 0 Å². The predicted octanol–water partition coefficient (Wildman–Crippen LogP) is -1.85. The van der Waals surface area contributed by atoms with Gasteiger partial charge in [0, 0.05) is 35.6 Å². The van der Waals surface area contributed by atoms with Gasteiger partial charge >= 0.3 is 0 Å². The second-order valence-electron chi connectivity index (χ2n) is 0.447. The van der Waals surface area contributed by atoms with E-state index in [2.05, 4.69) is 0 Å². The predicted molar refractivity (Wildman–Crippen MR) is 17.8 cm³/mol. The molecule has 0 saturated heterocycles. The molecule has 0 atom stereocenters. The van der Waals surface area contributed by atoms with Gasteiger partial charge in [0.15, 0.2) is 0 Å². The third kappa shape index (κ3) is 19.6. The first kappa shape index (κ1) is 15.7. The molecule has 0 aromatic rings. The minimum absolute atomic E-state index is 0. The van der Waals surface area contributed by atoms with Crippen molar-refractivity contribution >= 4 is 0 Å². The van der Waals surface area contributed by atoms with Gasteiger partial charge in [0.25, 0.3) is 0 Å². The van der Waals surface area contributed by atoms with Crippen molar-refractivity contribution in [2.24, 2.45) is 0 Å². The van der Waals surface area contributed by atoms with Crippen LogP contribution in [-0.4, -0.2) is 28.9 Å². The summed E-state index contributed by atoms with van der Waals surface area (Å²) >= 11 is 0. The standard InChI is InChI=1S/C2H6O2.La.H2O/c3-1-2-4;;/h3-4H,1-2H2;;1H2. The third-order valence-corrected chi connectivity index (χ3v) is 0.1000. The molecule has 0 spiro atoms. The van der Waals surface area contributed by atoms with Gasteiger partial charge < -0.3 is 15.7 Å². The van der Waals surface area contributed by atoms with Gasteiger partial charge in [0.2, 0.25) is 0 Å². The molecule has 37 valence electrons. The Balaban J connectivity index is -0.0000000450. The largest absolute Gasteiger partial charge is 0.412 e. The van der Waals surface area contributed by atoms with Gasteiger partial charge in [-0.2, -0.15) is 0 Å². The molecule has 0 rings (SSSR count). The van der Waals surface area contributed by atoms with E-state index in [0.29, 0.717) is 0 Å². The summed E-state index contributed by atoms with van der Waals surface area (Å²) in [7, 11) is 0. The van der Waals surface area contributed by atoms with E-state index in [0.717, 1.165) is 0 Å². The molecule has 0 aliphatic heterocycles. The summed E-state index contributed by atoms with van der Waals surface area (Å²) in [5.41, 5.74) is 0. The number of aliphatic hydroxyl groups excluding tert-OH is 2. The van der Waals surface area contributed by atoms with Crippen LogP contribution >= 0.6 is 0 Å². The monoisotopic (exact) mass is 219 g/mol. The molecule has 0 saturated carbocycles. The quantitative estimate of drug-likeness (QED) is 0.543. The average Bonchev–Trinajstić information content (AvgIpc) is 1.37. The fourth-order valence-electron chi connectivity index (χ4n) is 0. The second-order valence-corrected chi connectivity index (χ2v) is 0.447. The molecule has 6 heavy (non-hydrogen) atoms. The van der Waals surface area contributed by atoms with Crippen molar-refractivity contribution in [2.75, 3.05) is 13.2 Å². The van der Waals surface area contributed by atoms with Gasteiger partial charge in [-0.1, -0.05) is 0 Å². The summed E-state index contributed by atoms with van der Waals surface area (Å²) < 4.78 is 0. The van der Waals surface area contributed by atoms with E-state index in [1.54, 1.807) is 0 Å². The zero-order valence-electron chi connectivity index (χ0n) is 3.39. The normalized spacial score (nSPS) is 5.00. The van der Waals surface area contributed by atoms with Crippen molar-refractivity contribution in [1.29, 1.82) is 0 Å². The van der Waals surface area contributed by atoms with E-state index >= 15 is 0 Å². The second kappa shape index (κ2) is 16.5. The molecule has 3 nitrogen and oxygen atoms in total. The molecule has 0 unspecified atom stereocenters. The molecule has 0 aliphatic carbocycles. The molecule has 4 N–H and O–H groups in total. The molecule has 0 amide bonds. The molecule has 1 radical (unpaired) electrons. The van der Waals surface area contributed by atoms with Crippen LogP contribution in [0.5, 0.6) is 0 Å². The first-order valence-corrected chi connectivity index (χ1v) is 1.13. The van der Waals surface area contributed by atoms with Crippen LogP contribution in [0.1, 0.15) is 0 Å². The van der Waals surface area contributed by atoms with Gasteiger partial charge in [0.05, 0.1) is 13.2 Å². The topological polar surface area (TPSA) is 72.0 Å². The van der Waals surface area contributed by atoms with E-state index in [1.165, 1.54) is 0 Å². The molecule has 0 aromatic carbocycles. The maximum atomic E-state index is 7.62. The van der Waals surface area contributed by atoms with E-state index in [4.69, 9.17) is 10.2 Å². The van der Waals surface area contributed by atoms with Gasteiger partial charge in [-0.15, -0.1) is 0 Å². The van der Waals surface area contributed by atoms with Crippen LogP contribution in [0.25, 0.3) is 0 Å². The summed E-state index contributed by atoms with van der Waals surface area (Å²) in [5.74, 6) is 0. The molecular weight excluding hydrogens is 211 g/mol. The Bertz CT molecular complexity index is 10.8. The zero-order valence-corrected chi connectivity index (χ0v) is 7.01. The molecule has 0 bridgehead atoms. The van der Waals surface area contributed by atoms with Crippen LogP contribution in [0.2, 0.25) is 0 Å². The van der Waals surface area contributed by atoms with Gasteiger partial charge in [-0.05, 0) is 0 Å². The van der Waals surface area contributed by atoms with E-state index in [9.17, 15) is 0 Å². The maximum Gasteiger partial charge on any atom is 0.0662 e. The van der Waals surface area contributed by atoms with E-state index < -0.39 is 0 Å². The number of hydrogen-bond acceptors (Lipinski definition) is 2. The van der Waals surface area contributed by atoms with Crippen LogP contribution in [0.15, 0.2) is 0 Å². The molecule has 4 heteroatoms. The Morgan fingerprint density at radius 3 is 1.17 bits per heavy atom. The summed E-state index contributed by atoms with van der Waals surface area (Å²) in [6.45, 7) is -0.250. The van der Waals surface area contributed by atoms with Crippen molar-refractivity contribution in [1.82, 2.24) is 0 Å². The Hall–Kier alpha value is 1.07. The Kier molecular flexibility index (Phi) is 43.4.